The van der Waals surface area contributed by atoms with Gasteiger partial charge in [-0.1, -0.05) is 46.0 Å². The SMILES string of the molecule is CCCCC[C@H](S)C(CCCC)C(C)N. The van der Waals surface area contributed by atoms with Crippen molar-refractivity contribution in [2.45, 2.75) is 77.0 Å². The standard InChI is InChI=1S/C13H29NS/c1-4-6-8-10-13(15)12(11(3)14)9-7-5-2/h11-13,15H,4-10,14H2,1-3H3/t11?,12?,13-/m0/s1. The number of nitrogens with two attached hydrogens (primary N) is 1. The summed E-state index contributed by atoms with van der Waals surface area (Å²) in [5, 5.41) is 0.503. The molecule has 0 saturated heterocycles. The van der Waals surface area contributed by atoms with Crippen LogP contribution in [0.5, 0.6) is 0 Å². The summed E-state index contributed by atoms with van der Waals surface area (Å²) in [5.74, 6) is 0.602. The molecule has 15 heavy (non-hydrogen) atoms. The van der Waals surface area contributed by atoms with Gasteiger partial charge in [0.05, 0.1) is 0 Å². The van der Waals surface area contributed by atoms with Crippen LogP contribution in [0.1, 0.15) is 65.7 Å². The molecule has 0 aromatic rings. The van der Waals surface area contributed by atoms with Gasteiger partial charge in [0.2, 0.25) is 0 Å². The third-order valence-electron chi connectivity index (χ3n) is 3.16. The first-order valence-corrected chi connectivity index (χ1v) is 7.08. The molecule has 0 amide bonds. The van der Waals surface area contributed by atoms with E-state index in [2.05, 4.69) is 20.8 Å². The molecule has 3 atom stereocenters. The van der Waals surface area contributed by atoms with Gasteiger partial charge in [0.1, 0.15) is 0 Å². The maximum atomic E-state index is 6.03. The van der Waals surface area contributed by atoms with Crippen LogP contribution in [0.25, 0.3) is 0 Å². The van der Waals surface area contributed by atoms with Crippen molar-refractivity contribution >= 4 is 12.6 Å². The summed E-state index contributed by atoms with van der Waals surface area (Å²) in [5.41, 5.74) is 6.03. The normalized spacial score (nSPS) is 17.4. The minimum atomic E-state index is 0.292. The predicted octanol–water partition coefficient (Wildman–Crippen LogP) is 4.02. The van der Waals surface area contributed by atoms with Crippen molar-refractivity contribution in [2.24, 2.45) is 11.7 Å². The van der Waals surface area contributed by atoms with Crippen molar-refractivity contribution in [3.8, 4) is 0 Å². The summed E-state index contributed by atoms with van der Waals surface area (Å²) >= 11 is 4.73. The Labute approximate surface area is 102 Å². The van der Waals surface area contributed by atoms with Crippen LogP contribution < -0.4 is 5.73 Å². The van der Waals surface area contributed by atoms with Crippen LogP contribution in [0.2, 0.25) is 0 Å². The van der Waals surface area contributed by atoms with Crippen molar-refractivity contribution in [3.05, 3.63) is 0 Å². The van der Waals surface area contributed by atoms with E-state index in [1.165, 1.54) is 44.9 Å². The monoisotopic (exact) mass is 231 g/mol. The predicted molar refractivity (Wildman–Crippen MR) is 73.6 cm³/mol. The molecule has 0 spiro atoms. The van der Waals surface area contributed by atoms with E-state index in [0.29, 0.717) is 17.2 Å². The third kappa shape index (κ3) is 7.24. The molecule has 0 radical (unpaired) electrons. The molecule has 0 aromatic carbocycles. The fourth-order valence-electron chi connectivity index (χ4n) is 2.06. The highest BCUT2D eigenvalue weighted by molar-refractivity contribution is 7.81. The lowest BCUT2D eigenvalue weighted by Gasteiger charge is -2.26. The molecular weight excluding hydrogens is 202 g/mol. The molecule has 2 heteroatoms. The van der Waals surface area contributed by atoms with Gasteiger partial charge >= 0.3 is 0 Å². The summed E-state index contributed by atoms with van der Waals surface area (Å²) < 4.78 is 0. The average Bonchev–Trinajstić information content (AvgIpc) is 2.18. The van der Waals surface area contributed by atoms with Crippen molar-refractivity contribution in [3.63, 3.8) is 0 Å². The first kappa shape index (κ1) is 15.3. The van der Waals surface area contributed by atoms with Crippen molar-refractivity contribution in [1.82, 2.24) is 0 Å². The Balaban J connectivity index is 3.87. The first-order chi connectivity index (χ1) is 7.13. The second kappa shape index (κ2) is 9.53. The highest BCUT2D eigenvalue weighted by atomic mass is 32.1. The van der Waals surface area contributed by atoms with Gasteiger partial charge in [-0.25, -0.2) is 0 Å². The molecule has 2 N–H and O–H groups in total. The Morgan fingerprint density at radius 2 is 1.60 bits per heavy atom. The van der Waals surface area contributed by atoms with Gasteiger partial charge in [0.15, 0.2) is 0 Å². The van der Waals surface area contributed by atoms with Crippen molar-refractivity contribution < 1.29 is 0 Å². The molecule has 0 saturated carbocycles. The molecule has 0 fully saturated rings. The van der Waals surface area contributed by atoms with Crippen LogP contribution in [0.4, 0.5) is 0 Å². The van der Waals surface area contributed by atoms with E-state index >= 15 is 0 Å². The number of unbranched alkanes of at least 4 members (excludes halogenated alkanes) is 3. The van der Waals surface area contributed by atoms with Gasteiger partial charge in [0.25, 0.3) is 0 Å². The largest absolute Gasteiger partial charge is 0.328 e. The topological polar surface area (TPSA) is 26.0 Å². The lowest BCUT2D eigenvalue weighted by atomic mass is 9.89. The van der Waals surface area contributed by atoms with E-state index in [4.69, 9.17) is 18.4 Å². The van der Waals surface area contributed by atoms with E-state index < -0.39 is 0 Å². The number of hydrogen-bond donors (Lipinski definition) is 2. The fourth-order valence-corrected chi connectivity index (χ4v) is 2.67. The van der Waals surface area contributed by atoms with Gasteiger partial charge in [-0.2, -0.15) is 12.6 Å². The highest BCUT2D eigenvalue weighted by Crippen LogP contribution is 2.24. The number of thiol groups is 1. The van der Waals surface area contributed by atoms with Crippen LogP contribution >= 0.6 is 12.6 Å². The zero-order valence-electron chi connectivity index (χ0n) is 10.7. The third-order valence-corrected chi connectivity index (χ3v) is 3.81. The minimum Gasteiger partial charge on any atom is -0.328 e. The van der Waals surface area contributed by atoms with Crippen LogP contribution in [-0.4, -0.2) is 11.3 Å². The van der Waals surface area contributed by atoms with Crippen LogP contribution in [0, 0.1) is 5.92 Å². The minimum absolute atomic E-state index is 0.292. The molecule has 92 valence electrons. The molecule has 2 unspecified atom stereocenters. The average molecular weight is 231 g/mol. The lowest BCUT2D eigenvalue weighted by molar-refractivity contribution is 0.372. The summed E-state index contributed by atoms with van der Waals surface area (Å²) in [6, 6.07) is 0.292. The Bertz CT molecular complexity index is 136. The summed E-state index contributed by atoms with van der Waals surface area (Å²) in [6.07, 6.45) is 8.95. The fraction of sp³-hybridized carbons (Fsp3) is 1.00. The second-order valence-corrected chi connectivity index (χ2v) is 5.39. The molecule has 0 aliphatic heterocycles. The Hall–Kier alpha value is 0.310. The van der Waals surface area contributed by atoms with E-state index in [9.17, 15) is 0 Å². The van der Waals surface area contributed by atoms with Gasteiger partial charge in [0, 0.05) is 11.3 Å². The van der Waals surface area contributed by atoms with Gasteiger partial charge < -0.3 is 5.73 Å². The Morgan fingerprint density at radius 3 is 2.07 bits per heavy atom. The molecule has 0 rings (SSSR count). The summed E-state index contributed by atoms with van der Waals surface area (Å²) in [4.78, 5) is 0. The molecule has 0 aromatic heterocycles. The van der Waals surface area contributed by atoms with E-state index in [1.54, 1.807) is 0 Å². The Morgan fingerprint density at radius 1 is 1.00 bits per heavy atom. The van der Waals surface area contributed by atoms with Crippen molar-refractivity contribution in [2.75, 3.05) is 0 Å². The number of rotatable bonds is 9. The first-order valence-electron chi connectivity index (χ1n) is 6.57. The zero-order valence-corrected chi connectivity index (χ0v) is 11.6. The van der Waals surface area contributed by atoms with Gasteiger partial charge in [-0.05, 0) is 25.7 Å². The van der Waals surface area contributed by atoms with Crippen molar-refractivity contribution in [1.29, 1.82) is 0 Å². The van der Waals surface area contributed by atoms with E-state index in [0.717, 1.165) is 0 Å². The number of hydrogen-bond acceptors (Lipinski definition) is 2. The van der Waals surface area contributed by atoms with Crippen LogP contribution in [-0.2, 0) is 0 Å². The van der Waals surface area contributed by atoms with Crippen LogP contribution in [0.3, 0.4) is 0 Å². The molecule has 0 aliphatic carbocycles. The smallest absolute Gasteiger partial charge is 0.00597 e. The van der Waals surface area contributed by atoms with E-state index in [-0.39, 0.29) is 0 Å². The quantitative estimate of drug-likeness (QED) is 0.455. The Kier molecular flexibility index (Phi) is 9.73. The lowest BCUT2D eigenvalue weighted by Crippen LogP contribution is -2.33. The van der Waals surface area contributed by atoms with Gasteiger partial charge in [-0.15, -0.1) is 0 Å². The molecule has 0 bridgehead atoms. The van der Waals surface area contributed by atoms with Crippen LogP contribution in [0.15, 0.2) is 0 Å². The zero-order chi connectivity index (χ0) is 11.7. The molecule has 1 nitrogen and oxygen atoms in total. The molecule has 0 heterocycles. The molecule has 0 aliphatic rings. The second-order valence-electron chi connectivity index (χ2n) is 4.73. The highest BCUT2D eigenvalue weighted by Gasteiger charge is 2.20. The maximum Gasteiger partial charge on any atom is 0.00597 e. The van der Waals surface area contributed by atoms with Gasteiger partial charge in [-0.3, -0.25) is 0 Å². The van der Waals surface area contributed by atoms with E-state index in [1.807, 2.05) is 0 Å². The maximum absolute atomic E-state index is 6.03. The summed E-state index contributed by atoms with van der Waals surface area (Å²) in [7, 11) is 0. The molecular formula is C13H29NS. The summed E-state index contributed by atoms with van der Waals surface area (Å²) in [6.45, 7) is 6.61.